The van der Waals surface area contributed by atoms with Gasteiger partial charge in [-0.15, -0.1) is 0 Å². The molecule has 0 fully saturated rings. The molecule has 0 aromatic carbocycles. The Morgan fingerprint density at radius 1 is 1.32 bits per heavy atom. The largest absolute Gasteiger partial charge is 0.477 e. The van der Waals surface area contributed by atoms with Crippen molar-refractivity contribution >= 4 is 5.97 Å². The van der Waals surface area contributed by atoms with Crippen LogP contribution in [0.2, 0.25) is 0 Å². The van der Waals surface area contributed by atoms with E-state index in [1.54, 1.807) is 20.1 Å². The van der Waals surface area contributed by atoms with Gasteiger partial charge in [0.15, 0.2) is 0 Å². The van der Waals surface area contributed by atoms with Crippen LogP contribution in [0.4, 0.5) is 0 Å². The molecule has 0 saturated heterocycles. The normalized spacial score (nSPS) is 10.4. The zero-order valence-electron chi connectivity index (χ0n) is 11.2. The molecule has 0 aliphatic rings. The van der Waals surface area contributed by atoms with Gasteiger partial charge in [-0.05, 0) is 25.0 Å². The molecular weight excluding hydrogens is 250 g/mol. The number of methoxy groups -OCH3 is 1. The average molecular weight is 269 g/mol. The van der Waals surface area contributed by atoms with Gasteiger partial charge in [0.2, 0.25) is 5.88 Å². The number of carbonyl (C=O) groups is 1. The fourth-order valence-electron chi connectivity index (χ4n) is 1.51. The van der Waals surface area contributed by atoms with Crippen LogP contribution in [-0.2, 0) is 9.47 Å². The van der Waals surface area contributed by atoms with E-state index in [0.717, 1.165) is 6.42 Å². The van der Waals surface area contributed by atoms with E-state index in [0.29, 0.717) is 25.4 Å². The average Bonchev–Trinajstić information content (AvgIpc) is 2.37. The molecule has 1 aromatic heterocycles. The second-order valence-corrected chi connectivity index (χ2v) is 3.92. The summed E-state index contributed by atoms with van der Waals surface area (Å²) in [7, 11) is 1.64. The number of carboxylic acids is 1. The van der Waals surface area contributed by atoms with Gasteiger partial charge in [-0.25, -0.2) is 9.78 Å². The lowest BCUT2D eigenvalue weighted by atomic mass is 10.1. The molecule has 0 atom stereocenters. The Labute approximate surface area is 112 Å². The predicted molar refractivity (Wildman–Crippen MR) is 68.7 cm³/mol. The van der Waals surface area contributed by atoms with Gasteiger partial charge < -0.3 is 19.3 Å². The molecule has 1 aromatic rings. The van der Waals surface area contributed by atoms with Crippen molar-refractivity contribution in [3.63, 3.8) is 0 Å². The lowest BCUT2D eigenvalue weighted by molar-refractivity contribution is 0.0672. The van der Waals surface area contributed by atoms with Gasteiger partial charge in [0.25, 0.3) is 0 Å². The van der Waals surface area contributed by atoms with E-state index in [2.05, 4.69) is 4.98 Å². The van der Waals surface area contributed by atoms with Crippen molar-refractivity contribution in [1.29, 1.82) is 0 Å². The van der Waals surface area contributed by atoms with Gasteiger partial charge in [0.05, 0.1) is 6.61 Å². The number of rotatable bonds is 9. The summed E-state index contributed by atoms with van der Waals surface area (Å²) in [6.07, 6.45) is 2.34. The Bertz CT molecular complexity index is 408. The first kappa shape index (κ1) is 15.4. The number of ether oxygens (including phenoxy) is 3. The minimum absolute atomic E-state index is 0.0990. The maximum absolute atomic E-state index is 11.1. The van der Waals surface area contributed by atoms with E-state index >= 15 is 0 Å². The number of nitrogens with zero attached hydrogens (tertiary/aromatic N) is 1. The van der Waals surface area contributed by atoms with E-state index < -0.39 is 5.97 Å². The summed E-state index contributed by atoms with van der Waals surface area (Å²) < 4.78 is 15.5. The SMILES string of the molecule is COCCCOCCOc1nccc(C)c1C(=O)O. The highest BCUT2D eigenvalue weighted by Crippen LogP contribution is 2.18. The number of aryl methyl sites for hydroxylation is 1. The highest BCUT2D eigenvalue weighted by atomic mass is 16.5. The van der Waals surface area contributed by atoms with Crippen LogP contribution in [0, 0.1) is 6.92 Å². The van der Waals surface area contributed by atoms with Crippen molar-refractivity contribution < 1.29 is 24.1 Å². The summed E-state index contributed by atoms with van der Waals surface area (Å²) >= 11 is 0. The molecule has 0 aliphatic heterocycles. The predicted octanol–water partition coefficient (Wildman–Crippen LogP) is 1.52. The summed E-state index contributed by atoms with van der Waals surface area (Å²) in [6, 6.07) is 1.64. The van der Waals surface area contributed by atoms with Crippen molar-refractivity contribution in [2.75, 3.05) is 33.5 Å². The molecule has 19 heavy (non-hydrogen) atoms. The van der Waals surface area contributed by atoms with Crippen molar-refractivity contribution in [1.82, 2.24) is 4.98 Å². The number of carboxylic acid groups (broad SMARTS) is 1. The van der Waals surface area contributed by atoms with Crippen molar-refractivity contribution in [2.24, 2.45) is 0 Å². The molecule has 1 N–H and O–H groups in total. The van der Waals surface area contributed by atoms with Crippen LogP contribution < -0.4 is 4.74 Å². The molecule has 0 spiro atoms. The van der Waals surface area contributed by atoms with Gasteiger partial charge in [0.1, 0.15) is 12.2 Å². The summed E-state index contributed by atoms with van der Waals surface area (Å²) in [5, 5.41) is 9.08. The highest BCUT2D eigenvalue weighted by Gasteiger charge is 2.15. The number of aromatic nitrogens is 1. The fourth-order valence-corrected chi connectivity index (χ4v) is 1.51. The van der Waals surface area contributed by atoms with Crippen LogP contribution in [-0.4, -0.2) is 49.6 Å². The number of hydrogen-bond acceptors (Lipinski definition) is 5. The molecule has 0 amide bonds. The Hall–Kier alpha value is -1.66. The fraction of sp³-hybridized carbons (Fsp3) is 0.538. The minimum atomic E-state index is -1.04. The number of pyridine rings is 1. The standard InChI is InChI=1S/C13H19NO5/c1-10-4-5-14-12(11(10)13(15)16)19-9-8-18-7-3-6-17-2/h4-5H,3,6-9H2,1-2H3,(H,15,16). The quantitative estimate of drug-likeness (QED) is 0.685. The van der Waals surface area contributed by atoms with Gasteiger partial charge in [-0.1, -0.05) is 0 Å². The van der Waals surface area contributed by atoms with Crippen molar-refractivity contribution in [2.45, 2.75) is 13.3 Å². The van der Waals surface area contributed by atoms with Crippen LogP contribution in [0.15, 0.2) is 12.3 Å². The van der Waals surface area contributed by atoms with Gasteiger partial charge >= 0.3 is 5.97 Å². The van der Waals surface area contributed by atoms with E-state index in [4.69, 9.17) is 19.3 Å². The lowest BCUT2D eigenvalue weighted by Crippen LogP contribution is -2.12. The van der Waals surface area contributed by atoms with Crippen LogP contribution in [0.3, 0.4) is 0 Å². The number of hydrogen-bond donors (Lipinski definition) is 1. The Morgan fingerprint density at radius 3 is 2.79 bits per heavy atom. The zero-order valence-corrected chi connectivity index (χ0v) is 11.2. The summed E-state index contributed by atoms with van der Waals surface area (Å²) in [4.78, 5) is 15.0. The lowest BCUT2D eigenvalue weighted by Gasteiger charge is -2.10. The Kier molecular flexibility index (Phi) is 6.84. The van der Waals surface area contributed by atoms with E-state index in [1.165, 1.54) is 6.20 Å². The monoisotopic (exact) mass is 269 g/mol. The molecule has 106 valence electrons. The summed E-state index contributed by atoms with van der Waals surface area (Å²) in [5.41, 5.74) is 0.723. The van der Waals surface area contributed by atoms with E-state index in [-0.39, 0.29) is 18.1 Å². The molecule has 1 rings (SSSR count). The number of aromatic carboxylic acids is 1. The van der Waals surface area contributed by atoms with E-state index in [9.17, 15) is 4.79 Å². The van der Waals surface area contributed by atoms with E-state index in [1.807, 2.05) is 0 Å². The minimum Gasteiger partial charge on any atom is -0.477 e. The molecule has 1 heterocycles. The second-order valence-electron chi connectivity index (χ2n) is 3.92. The summed E-state index contributed by atoms with van der Waals surface area (Å²) in [6.45, 7) is 3.61. The van der Waals surface area contributed by atoms with Crippen molar-refractivity contribution in [3.05, 3.63) is 23.4 Å². The Morgan fingerprint density at radius 2 is 2.11 bits per heavy atom. The van der Waals surface area contributed by atoms with Crippen molar-refractivity contribution in [3.8, 4) is 5.88 Å². The molecule has 0 unspecified atom stereocenters. The molecule has 0 bridgehead atoms. The third-order valence-corrected chi connectivity index (χ3v) is 2.44. The first-order valence-corrected chi connectivity index (χ1v) is 6.05. The Balaban J connectivity index is 2.37. The third-order valence-electron chi connectivity index (χ3n) is 2.44. The van der Waals surface area contributed by atoms with Gasteiger partial charge in [-0.3, -0.25) is 0 Å². The van der Waals surface area contributed by atoms with Gasteiger partial charge in [-0.2, -0.15) is 0 Å². The molecule has 6 heteroatoms. The smallest absolute Gasteiger partial charge is 0.341 e. The molecule has 0 saturated carbocycles. The van der Waals surface area contributed by atoms with Crippen LogP contribution >= 0.6 is 0 Å². The molecular formula is C13H19NO5. The first-order valence-electron chi connectivity index (χ1n) is 6.05. The molecule has 6 nitrogen and oxygen atoms in total. The maximum Gasteiger partial charge on any atom is 0.341 e. The third kappa shape index (κ3) is 5.23. The first-order chi connectivity index (χ1) is 9.16. The maximum atomic E-state index is 11.1. The second kappa shape index (κ2) is 8.44. The zero-order chi connectivity index (χ0) is 14.1. The molecule has 0 radical (unpaired) electrons. The van der Waals surface area contributed by atoms with Crippen LogP contribution in [0.5, 0.6) is 5.88 Å². The topological polar surface area (TPSA) is 77.9 Å². The summed E-state index contributed by atoms with van der Waals surface area (Å²) in [5.74, 6) is -0.908. The molecule has 0 aliphatic carbocycles. The highest BCUT2D eigenvalue weighted by molar-refractivity contribution is 5.91. The van der Waals surface area contributed by atoms with Gasteiger partial charge in [0, 0.05) is 26.5 Å². The van der Waals surface area contributed by atoms with Crippen LogP contribution in [0.1, 0.15) is 22.3 Å². The van der Waals surface area contributed by atoms with Crippen LogP contribution in [0.25, 0.3) is 0 Å².